The Morgan fingerprint density at radius 1 is 1.53 bits per heavy atom. The fourth-order valence-electron chi connectivity index (χ4n) is 1.75. The first-order valence-electron chi connectivity index (χ1n) is 5.36. The molecule has 0 atom stereocenters. The Labute approximate surface area is 89.1 Å². The van der Waals surface area contributed by atoms with Crippen molar-refractivity contribution in [1.82, 2.24) is 20.2 Å². The van der Waals surface area contributed by atoms with E-state index in [0.29, 0.717) is 11.7 Å². The molecule has 0 aromatic carbocycles. The summed E-state index contributed by atoms with van der Waals surface area (Å²) < 4.78 is 0. The molecule has 1 aromatic rings. The fourth-order valence-corrected chi connectivity index (χ4v) is 1.75. The molecule has 5 nitrogen and oxygen atoms in total. The molecule has 1 aromatic heterocycles. The molecule has 1 fully saturated rings. The Morgan fingerprint density at radius 2 is 2.27 bits per heavy atom. The zero-order valence-corrected chi connectivity index (χ0v) is 9.14. The molecule has 1 heterocycles. The van der Waals surface area contributed by atoms with Crippen molar-refractivity contribution in [1.29, 1.82) is 5.26 Å². The first-order valence-corrected chi connectivity index (χ1v) is 5.36. The van der Waals surface area contributed by atoms with Crippen LogP contribution in [0.15, 0.2) is 0 Å². The maximum absolute atomic E-state index is 9.11. The number of hydrogen-bond donors (Lipinski definition) is 0. The van der Waals surface area contributed by atoms with Crippen LogP contribution in [0.5, 0.6) is 0 Å². The lowest BCUT2D eigenvalue weighted by molar-refractivity contribution is 0.304. The molecule has 1 aliphatic carbocycles. The second kappa shape index (κ2) is 3.61. The minimum Gasteiger partial charge on any atom is -0.197 e. The van der Waals surface area contributed by atoms with Crippen LogP contribution in [0.3, 0.4) is 0 Å². The maximum Gasteiger partial charge on any atom is 0.194 e. The van der Waals surface area contributed by atoms with Crippen molar-refractivity contribution in [2.75, 3.05) is 0 Å². The van der Waals surface area contributed by atoms with Gasteiger partial charge in [-0.05, 0) is 30.4 Å². The normalized spacial score (nSPS) is 18.5. The molecular weight excluding hydrogens is 190 g/mol. The smallest absolute Gasteiger partial charge is 0.194 e. The van der Waals surface area contributed by atoms with E-state index in [1.807, 2.05) is 0 Å². The van der Waals surface area contributed by atoms with E-state index in [9.17, 15) is 0 Å². The van der Waals surface area contributed by atoms with E-state index >= 15 is 0 Å². The first kappa shape index (κ1) is 10.1. The van der Waals surface area contributed by atoms with Gasteiger partial charge in [0.05, 0.1) is 12.6 Å². The summed E-state index contributed by atoms with van der Waals surface area (Å²) >= 11 is 0. The van der Waals surface area contributed by atoms with Crippen molar-refractivity contribution in [3.05, 3.63) is 5.82 Å². The molecule has 1 saturated carbocycles. The highest BCUT2D eigenvalue weighted by Gasteiger charge is 2.43. The van der Waals surface area contributed by atoms with Crippen molar-refractivity contribution < 1.29 is 0 Å². The minimum absolute atomic E-state index is 0.435. The van der Waals surface area contributed by atoms with Gasteiger partial charge in [-0.15, -0.1) is 10.2 Å². The third-order valence-corrected chi connectivity index (χ3v) is 2.83. The Morgan fingerprint density at radius 3 is 2.73 bits per heavy atom. The maximum atomic E-state index is 9.11. The lowest BCUT2D eigenvalue weighted by Crippen LogP contribution is -2.33. The van der Waals surface area contributed by atoms with Crippen molar-refractivity contribution in [3.8, 4) is 6.07 Å². The number of aromatic nitrogens is 4. The van der Waals surface area contributed by atoms with Gasteiger partial charge in [-0.1, -0.05) is 13.8 Å². The highest BCUT2D eigenvalue weighted by Crippen LogP contribution is 2.40. The van der Waals surface area contributed by atoms with Crippen LogP contribution in [-0.4, -0.2) is 20.2 Å². The van der Waals surface area contributed by atoms with Gasteiger partial charge in [0.2, 0.25) is 0 Å². The fraction of sp³-hybridized carbons (Fsp3) is 0.800. The SMILES string of the molecule is CC(C)Cn1nnc(C2(C#N)CCC2)n1. The van der Waals surface area contributed by atoms with Crippen LogP contribution in [-0.2, 0) is 12.0 Å². The highest BCUT2D eigenvalue weighted by atomic mass is 15.6. The van der Waals surface area contributed by atoms with Crippen LogP contribution in [0.1, 0.15) is 38.9 Å². The summed E-state index contributed by atoms with van der Waals surface area (Å²) in [5.74, 6) is 1.10. The Hall–Kier alpha value is -1.44. The van der Waals surface area contributed by atoms with E-state index in [1.54, 1.807) is 4.80 Å². The molecule has 0 N–H and O–H groups in total. The van der Waals surface area contributed by atoms with E-state index in [-0.39, 0.29) is 0 Å². The molecular formula is C10H15N5. The van der Waals surface area contributed by atoms with Gasteiger partial charge >= 0.3 is 0 Å². The van der Waals surface area contributed by atoms with Gasteiger partial charge in [-0.2, -0.15) is 10.1 Å². The number of tetrazole rings is 1. The molecule has 2 rings (SSSR count). The molecule has 0 aliphatic heterocycles. The first-order chi connectivity index (χ1) is 7.16. The summed E-state index contributed by atoms with van der Waals surface area (Å²) in [6.07, 6.45) is 2.83. The summed E-state index contributed by atoms with van der Waals surface area (Å²) in [6, 6.07) is 2.32. The van der Waals surface area contributed by atoms with Gasteiger partial charge < -0.3 is 0 Å². The number of nitriles is 1. The monoisotopic (exact) mass is 205 g/mol. The predicted octanol–water partition coefficient (Wildman–Crippen LogP) is 1.27. The molecule has 0 radical (unpaired) electrons. The quantitative estimate of drug-likeness (QED) is 0.745. The number of hydrogen-bond acceptors (Lipinski definition) is 4. The van der Waals surface area contributed by atoms with E-state index in [1.165, 1.54) is 0 Å². The standard InChI is InChI=1S/C10H15N5/c1-8(2)6-15-13-9(12-14-15)10(7-11)4-3-5-10/h8H,3-6H2,1-2H3. The Bertz CT molecular complexity index is 383. The van der Waals surface area contributed by atoms with E-state index in [0.717, 1.165) is 25.8 Å². The zero-order chi connectivity index (χ0) is 10.9. The van der Waals surface area contributed by atoms with E-state index in [2.05, 4.69) is 35.3 Å². The van der Waals surface area contributed by atoms with Crippen molar-refractivity contribution in [2.24, 2.45) is 5.92 Å². The van der Waals surface area contributed by atoms with Crippen LogP contribution in [0.2, 0.25) is 0 Å². The molecule has 0 bridgehead atoms. The van der Waals surface area contributed by atoms with Gasteiger partial charge in [0.1, 0.15) is 5.41 Å². The molecule has 0 spiro atoms. The molecule has 80 valence electrons. The summed E-state index contributed by atoms with van der Waals surface area (Å²) in [7, 11) is 0. The predicted molar refractivity (Wildman–Crippen MR) is 53.8 cm³/mol. The average molecular weight is 205 g/mol. The van der Waals surface area contributed by atoms with Crippen molar-refractivity contribution in [3.63, 3.8) is 0 Å². The van der Waals surface area contributed by atoms with Crippen LogP contribution >= 0.6 is 0 Å². The van der Waals surface area contributed by atoms with Gasteiger partial charge in [0, 0.05) is 0 Å². The number of nitrogens with zero attached hydrogens (tertiary/aromatic N) is 5. The van der Waals surface area contributed by atoms with Crippen molar-refractivity contribution >= 4 is 0 Å². The van der Waals surface area contributed by atoms with E-state index in [4.69, 9.17) is 5.26 Å². The van der Waals surface area contributed by atoms with Gasteiger partial charge in [-0.25, -0.2) is 0 Å². The zero-order valence-electron chi connectivity index (χ0n) is 9.14. The summed E-state index contributed by atoms with van der Waals surface area (Å²) in [5.41, 5.74) is -0.435. The molecule has 0 saturated heterocycles. The second-order valence-corrected chi connectivity index (χ2v) is 4.61. The largest absolute Gasteiger partial charge is 0.197 e. The molecule has 5 heteroatoms. The molecule has 15 heavy (non-hydrogen) atoms. The molecule has 0 unspecified atom stereocenters. The van der Waals surface area contributed by atoms with Crippen LogP contribution in [0.25, 0.3) is 0 Å². The van der Waals surface area contributed by atoms with Gasteiger partial charge in [-0.3, -0.25) is 0 Å². The van der Waals surface area contributed by atoms with Crippen molar-refractivity contribution in [2.45, 2.75) is 45.1 Å². The van der Waals surface area contributed by atoms with Crippen LogP contribution in [0.4, 0.5) is 0 Å². The minimum atomic E-state index is -0.435. The average Bonchev–Trinajstić information content (AvgIpc) is 2.51. The van der Waals surface area contributed by atoms with E-state index < -0.39 is 5.41 Å². The summed E-state index contributed by atoms with van der Waals surface area (Å²) in [4.78, 5) is 1.59. The highest BCUT2D eigenvalue weighted by molar-refractivity contribution is 5.22. The Balaban J connectivity index is 2.17. The third kappa shape index (κ3) is 1.72. The summed E-state index contributed by atoms with van der Waals surface area (Å²) in [5, 5.41) is 21.4. The number of rotatable bonds is 3. The lowest BCUT2D eigenvalue weighted by atomic mass is 9.69. The molecule has 1 aliphatic rings. The Kier molecular flexibility index (Phi) is 2.43. The van der Waals surface area contributed by atoms with Crippen LogP contribution in [0, 0.1) is 17.2 Å². The summed E-state index contributed by atoms with van der Waals surface area (Å²) in [6.45, 7) is 4.97. The topological polar surface area (TPSA) is 67.4 Å². The van der Waals surface area contributed by atoms with Crippen LogP contribution < -0.4 is 0 Å². The van der Waals surface area contributed by atoms with Gasteiger partial charge in [0.25, 0.3) is 0 Å². The second-order valence-electron chi connectivity index (χ2n) is 4.61. The molecule has 0 amide bonds. The lowest BCUT2D eigenvalue weighted by Gasteiger charge is -2.31. The third-order valence-electron chi connectivity index (χ3n) is 2.83. The van der Waals surface area contributed by atoms with Gasteiger partial charge in [0.15, 0.2) is 5.82 Å².